The number of esters is 1. The molecule has 0 spiro atoms. The summed E-state index contributed by atoms with van der Waals surface area (Å²) in [5, 5.41) is 0. The molecule has 0 N–H and O–H groups in total. The van der Waals surface area contributed by atoms with Crippen molar-refractivity contribution in [2.24, 2.45) is 0 Å². The van der Waals surface area contributed by atoms with Crippen LogP contribution < -0.4 is 0 Å². The third-order valence-corrected chi connectivity index (χ3v) is 4.12. The molecule has 0 saturated heterocycles. The lowest BCUT2D eigenvalue weighted by Gasteiger charge is -2.42. The first-order valence-corrected chi connectivity index (χ1v) is 8.88. The molecule has 0 heterocycles. The zero-order chi connectivity index (χ0) is 30.8. The van der Waals surface area contributed by atoms with Gasteiger partial charge in [0.1, 0.15) is 0 Å². The first kappa shape index (κ1) is 35.0. The van der Waals surface area contributed by atoms with Gasteiger partial charge in [-0.1, -0.05) is 49.6 Å². The second-order valence-corrected chi connectivity index (χ2v) is 6.70. The van der Waals surface area contributed by atoms with Crippen LogP contribution in [0.25, 0.3) is 6.08 Å². The summed E-state index contributed by atoms with van der Waals surface area (Å²) in [4.78, 5) is 10.4. The van der Waals surface area contributed by atoms with E-state index in [2.05, 4.69) is 17.9 Å². The maximum atomic E-state index is 13.2. The fraction of sp³-hybridized carbons (Fsp3) is 0.421. The Morgan fingerprint density at radius 3 is 1.21 bits per heavy atom. The van der Waals surface area contributed by atoms with Gasteiger partial charge in [-0.2, -0.15) is 74.6 Å². The maximum Gasteiger partial charge on any atom is 0.473 e. The van der Waals surface area contributed by atoms with Crippen molar-refractivity contribution in [3.05, 3.63) is 55.1 Å². The Morgan fingerprint density at radius 2 is 0.921 bits per heavy atom. The maximum absolute atomic E-state index is 13.2. The van der Waals surface area contributed by atoms with E-state index in [1.165, 1.54) is 5.56 Å². The van der Waals surface area contributed by atoms with Crippen LogP contribution in [0.5, 0.6) is 0 Å². The van der Waals surface area contributed by atoms with Crippen molar-refractivity contribution < 1.29 is 84.2 Å². The van der Waals surface area contributed by atoms with Crippen molar-refractivity contribution in [3.63, 3.8) is 0 Å². The number of ether oxygens (including phenoxy) is 1. The lowest BCUT2D eigenvalue weighted by atomic mass is 9.90. The SMILES string of the molecule is C=CC(=O)OC(F)(F)C(F)(F)C(F)(F)C(F)(F)C(F)(F)C(F)(F)C(F)(F)C(F)(F)F.C=Cc1ccccc1. The van der Waals surface area contributed by atoms with Crippen LogP contribution >= 0.6 is 0 Å². The highest BCUT2D eigenvalue weighted by atomic mass is 19.4. The third-order valence-electron chi connectivity index (χ3n) is 4.12. The van der Waals surface area contributed by atoms with E-state index >= 15 is 0 Å². The van der Waals surface area contributed by atoms with E-state index in [0.717, 1.165) is 0 Å². The zero-order valence-electron chi connectivity index (χ0n) is 17.7. The molecule has 2 nitrogen and oxygen atoms in total. The van der Waals surface area contributed by atoms with E-state index in [9.17, 15) is 79.4 Å². The Kier molecular flexibility index (Phi) is 9.78. The molecular formula is C19H11F17O2. The minimum Gasteiger partial charge on any atom is -0.393 e. The van der Waals surface area contributed by atoms with E-state index < -0.39 is 59.9 Å². The second kappa shape index (κ2) is 10.6. The van der Waals surface area contributed by atoms with Crippen molar-refractivity contribution in [1.82, 2.24) is 0 Å². The van der Waals surface area contributed by atoms with Crippen LogP contribution in [0.2, 0.25) is 0 Å². The van der Waals surface area contributed by atoms with Crippen molar-refractivity contribution in [3.8, 4) is 0 Å². The minimum atomic E-state index is -8.73. The second-order valence-electron chi connectivity index (χ2n) is 6.70. The van der Waals surface area contributed by atoms with Crippen LogP contribution in [0.15, 0.2) is 49.6 Å². The molecule has 0 fully saturated rings. The van der Waals surface area contributed by atoms with Gasteiger partial charge in [0.15, 0.2) is 0 Å². The molecule has 0 bridgehead atoms. The highest BCUT2D eigenvalue weighted by Crippen LogP contribution is 2.64. The molecule has 0 radical (unpaired) electrons. The summed E-state index contributed by atoms with van der Waals surface area (Å²) in [6.45, 7) is 5.89. The average Bonchev–Trinajstić information content (AvgIpc) is 2.78. The molecule has 38 heavy (non-hydrogen) atoms. The summed E-state index contributed by atoms with van der Waals surface area (Å²) in [7, 11) is 0. The predicted octanol–water partition coefficient (Wildman–Crippen LogP) is 8.01. The Bertz CT molecular complexity index is 981. The van der Waals surface area contributed by atoms with Gasteiger partial charge >= 0.3 is 53.8 Å². The molecule has 1 aromatic rings. The fourth-order valence-electron chi connectivity index (χ4n) is 1.97. The van der Waals surface area contributed by atoms with Gasteiger partial charge in [-0.25, -0.2) is 4.79 Å². The molecule has 0 unspecified atom stereocenters. The van der Waals surface area contributed by atoms with Crippen LogP contribution in [0.1, 0.15) is 5.56 Å². The molecule has 0 atom stereocenters. The standard InChI is InChI=1S/C11H3F17O2.C8H8/c1-2-3(29)30-11(27,28)9(22,23)7(18,19)5(14,15)4(12,13)6(16,17)8(20,21)10(24,25)26;1-2-8-6-4-3-5-7-8/h2H,1H2;2-7H,1H2. The summed E-state index contributed by atoms with van der Waals surface area (Å²) in [6, 6.07) is 10.0. The Hall–Kier alpha value is -3.02. The number of rotatable bonds is 9. The van der Waals surface area contributed by atoms with Crippen molar-refractivity contribution >= 4 is 12.0 Å². The highest BCUT2D eigenvalue weighted by molar-refractivity contribution is 5.81. The molecule has 0 amide bonds. The highest BCUT2D eigenvalue weighted by Gasteiger charge is 2.95. The molecule has 19 heteroatoms. The number of hydrogen-bond acceptors (Lipinski definition) is 2. The predicted molar refractivity (Wildman–Crippen MR) is 93.5 cm³/mol. The lowest BCUT2D eigenvalue weighted by molar-refractivity contribution is -0.473. The lowest BCUT2D eigenvalue weighted by Crippen LogP contribution is -2.74. The molecule has 1 rings (SSSR count). The molecule has 1 aromatic carbocycles. The number of benzene rings is 1. The molecular weight excluding hydrogens is 583 g/mol. The zero-order valence-corrected chi connectivity index (χ0v) is 17.7. The number of hydrogen-bond donors (Lipinski definition) is 0. The molecule has 0 aliphatic heterocycles. The van der Waals surface area contributed by atoms with Crippen molar-refractivity contribution in [2.45, 2.75) is 47.8 Å². The van der Waals surface area contributed by atoms with Crippen molar-refractivity contribution in [2.75, 3.05) is 0 Å². The van der Waals surface area contributed by atoms with E-state index in [4.69, 9.17) is 0 Å². The number of alkyl halides is 17. The van der Waals surface area contributed by atoms with E-state index in [0.29, 0.717) is 0 Å². The number of carbonyl (C=O) groups is 1. The molecule has 0 aromatic heterocycles. The van der Waals surface area contributed by atoms with Gasteiger partial charge in [0.05, 0.1) is 0 Å². The third kappa shape index (κ3) is 5.69. The fourth-order valence-corrected chi connectivity index (χ4v) is 1.97. The molecule has 0 saturated carbocycles. The number of carbonyl (C=O) groups excluding carboxylic acids is 1. The van der Waals surface area contributed by atoms with Crippen LogP contribution in [0.3, 0.4) is 0 Å². The van der Waals surface area contributed by atoms with Crippen LogP contribution in [-0.2, 0) is 9.53 Å². The van der Waals surface area contributed by atoms with E-state index in [1.807, 2.05) is 36.4 Å². The Morgan fingerprint density at radius 1 is 0.579 bits per heavy atom. The largest absolute Gasteiger partial charge is 0.473 e. The van der Waals surface area contributed by atoms with Crippen LogP contribution in [0, 0.1) is 0 Å². The summed E-state index contributed by atoms with van der Waals surface area (Å²) >= 11 is 0. The van der Waals surface area contributed by atoms with E-state index in [1.54, 1.807) is 0 Å². The smallest absolute Gasteiger partial charge is 0.393 e. The van der Waals surface area contributed by atoms with Crippen LogP contribution in [-0.4, -0.2) is 53.8 Å². The summed E-state index contributed by atoms with van der Waals surface area (Å²) < 4.78 is 220. The number of halogens is 17. The van der Waals surface area contributed by atoms with Gasteiger partial charge < -0.3 is 4.74 Å². The van der Waals surface area contributed by atoms with Gasteiger partial charge in [-0.05, 0) is 5.56 Å². The summed E-state index contributed by atoms with van der Waals surface area (Å²) in [5.41, 5.74) is 1.17. The average molecular weight is 594 g/mol. The summed E-state index contributed by atoms with van der Waals surface area (Å²) in [6.07, 6.45) is -13.7. The topological polar surface area (TPSA) is 26.3 Å². The van der Waals surface area contributed by atoms with Gasteiger partial charge in [0.2, 0.25) is 0 Å². The Balaban J connectivity index is 0.00000144. The van der Waals surface area contributed by atoms with Gasteiger partial charge in [0, 0.05) is 6.08 Å². The quantitative estimate of drug-likeness (QED) is 0.165. The molecule has 0 aliphatic rings. The molecule has 218 valence electrons. The van der Waals surface area contributed by atoms with Gasteiger partial charge in [-0.15, -0.1) is 0 Å². The summed E-state index contributed by atoms with van der Waals surface area (Å²) in [5.74, 6) is -53.6. The first-order chi connectivity index (χ1) is 16.6. The van der Waals surface area contributed by atoms with E-state index in [-0.39, 0.29) is 0 Å². The molecule has 0 aliphatic carbocycles. The van der Waals surface area contributed by atoms with Crippen molar-refractivity contribution in [1.29, 1.82) is 0 Å². The Labute approximate surface area is 200 Å². The van der Waals surface area contributed by atoms with Crippen LogP contribution in [0.4, 0.5) is 74.6 Å². The monoisotopic (exact) mass is 594 g/mol. The first-order valence-electron chi connectivity index (χ1n) is 8.88. The van der Waals surface area contributed by atoms with Gasteiger partial charge in [-0.3, -0.25) is 0 Å². The normalized spacial score (nSPS) is 14.2. The van der Waals surface area contributed by atoms with Gasteiger partial charge in [0.25, 0.3) is 0 Å². The minimum absolute atomic E-state index is 0.479.